The summed E-state index contributed by atoms with van der Waals surface area (Å²) in [4.78, 5) is 26.3. The van der Waals surface area contributed by atoms with Gasteiger partial charge in [0.2, 0.25) is 17.0 Å². The molecule has 0 saturated heterocycles. The second kappa shape index (κ2) is 8.33. The van der Waals surface area contributed by atoms with Crippen LogP contribution in [0, 0.1) is 0 Å². The highest BCUT2D eigenvalue weighted by atomic mass is 35.5. The Morgan fingerprint density at radius 1 is 0.812 bits per heavy atom. The second-order valence-corrected chi connectivity index (χ2v) is 7.71. The van der Waals surface area contributed by atoms with E-state index in [-0.39, 0.29) is 29.3 Å². The minimum Gasteiger partial charge on any atom is -0.478 e. The maximum Gasteiger partial charge on any atom is 0.235 e. The number of ketones is 1. The van der Waals surface area contributed by atoms with Crippen molar-refractivity contribution in [1.82, 2.24) is 0 Å². The first-order chi connectivity index (χ1) is 15.6. The second-order valence-electron chi connectivity index (χ2n) is 7.30. The van der Waals surface area contributed by atoms with Gasteiger partial charge in [-0.1, -0.05) is 78.3 Å². The number of hydrogen-bond acceptors (Lipinski definition) is 4. The first-order valence-electron chi connectivity index (χ1n) is 10.1. The molecule has 0 aliphatic carbocycles. The maximum atomic E-state index is 13.3. The molecule has 0 spiro atoms. The van der Waals surface area contributed by atoms with Crippen LogP contribution in [-0.2, 0) is 0 Å². The fraction of sp³-hybridized carbons (Fsp3) is 0.0370. The third-order valence-electron chi connectivity index (χ3n) is 5.31. The van der Waals surface area contributed by atoms with Crippen molar-refractivity contribution in [1.29, 1.82) is 0 Å². The van der Waals surface area contributed by atoms with Gasteiger partial charge in [-0.2, -0.15) is 0 Å². The summed E-state index contributed by atoms with van der Waals surface area (Å²) >= 11 is 6.37. The van der Waals surface area contributed by atoms with Crippen molar-refractivity contribution in [2.45, 2.75) is 0 Å². The number of para-hydroxylation sites is 1. The van der Waals surface area contributed by atoms with Gasteiger partial charge in [0.1, 0.15) is 5.58 Å². The van der Waals surface area contributed by atoms with E-state index in [9.17, 15) is 9.59 Å². The SMILES string of the molecule is O=C(COc1c(-c2ccccc2Cl)oc2ccccc2c1=O)c1cccc2ccccc12. The van der Waals surface area contributed by atoms with Crippen LogP contribution >= 0.6 is 11.6 Å². The van der Waals surface area contributed by atoms with E-state index in [1.807, 2.05) is 36.4 Å². The predicted molar refractivity (Wildman–Crippen MR) is 127 cm³/mol. The highest BCUT2D eigenvalue weighted by Crippen LogP contribution is 2.35. The third kappa shape index (κ3) is 3.55. The molecule has 0 aliphatic rings. The van der Waals surface area contributed by atoms with E-state index in [4.69, 9.17) is 20.8 Å². The zero-order chi connectivity index (χ0) is 22.1. The molecule has 1 aromatic heterocycles. The molecule has 4 nitrogen and oxygen atoms in total. The summed E-state index contributed by atoms with van der Waals surface area (Å²) < 4.78 is 11.9. The summed E-state index contributed by atoms with van der Waals surface area (Å²) in [6, 6.07) is 27.1. The van der Waals surface area contributed by atoms with Gasteiger partial charge < -0.3 is 9.15 Å². The molecule has 1 heterocycles. The largest absolute Gasteiger partial charge is 0.478 e. The number of ether oxygens (including phenoxy) is 1. The van der Waals surface area contributed by atoms with Gasteiger partial charge in [-0.3, -0.25) is 9.59 Å². The molecule has 5 aromatic rings. The van der Waals surface area contributed by atoms with Crippen molar-refractivity contribution in [2.24, 2.45) is 0 Å². The van der Waals surface area contributed by atoms with Gasteiger partial charge in [0.25, 0.3) is 0 Å². The summed E-state index contributed by atoms with van der Waals surface area (Å²) in [6.07, 6.45) is 0. The van der Waals surface area contributed by atoms with E-state index >= 15 is 0 Å². The molecule has 5 rings (SSSR count). The third-order valence-corrected chi connectivity index (χ3v) is 5.64. The summed E-state index contributed by atoms with van der Waals surface area (Å²) in [5, 5.41) is 2.58. The lowest BCUT2D eigenvalue weighted by atomic mass is 10.0. The predicted octanol–water partition coefficient (Wildman–Crippen LogP) is 6.53. The lowest BCUT2D eigenvalue weighted by Crippen LogP contribution is -2.17. The summed E-state index contributed by atoms with van der Waals surface area (Å²) in [7, 11) is 0. The molecule has 4 aromatic carbocycles. The van der Waals surface area contributed by atoms with Crippen LogP contribution in [0.5, 0.6) is 5.75 Å². The first-order valence-corrected chi connectivity index (χ1v) is 10.5. The average molecular weight is 441 g/mol. The van der Waals surface area contributed by atoms with E-state index in [0.717, 1.165) is 10.8 Å². The molecule has 5 heteroatoms. The maximum absolute atomic E-state index is 13.3. The van der Waals surface area contributed by atoms with Gasteiger partial charge in [-0.15, -0.1) is 0 Å². The Bertz CT molecular complexity index is 1530. The van der Waals surface area contributed by atoms with E-state index in [2.05, 4.69) is 0 Å². The van der Waals surface area contributed by atoms with Crippen LogP contribution in [0.25, 0.3) is 33.1 Å². The molecule has 0 unspecified atom stereocenters. The van der Waals surface area contributed by atoms with Gasteiger partial charge in [0.05, 0.1) is 10.4 Å². The highest BCUT2D eigenvalue weighted by Gasteiger charge is 2.21. The quantitative estimate of drug-likeness (QED) is 0.291. The number of Topliss-reactive ketones (excluding diaryl/α,β-unsaturated/α-hetero) is 1. The monoisotopic (exact) mass is 440 g/mol. The Morgan fingerprint density at radius 3 is 2.34 bits per heavy atom. The van der Waals surface area contributed by atoms with Crippen LogP contribution in [0.2, 0.25) is 5.02 Å². The van der Waals surface area contributed by atoms with Gasteiger partial charge in [0, 0.05) is 11.1 Å². The van der Waals surface area contributed by atoms with Crippen LogP contribution < -0.4 is 10.2 Å². The minimum atomic E-state index is -0.354. The van der Waals surface area contributed by atoms with Crippen molar-refractivity contribution in [3.05, 3.63) is 112 Å². The van der Waals surface area contributed by atoms with Crippen LogP contribution in [-0.4, -0.2) is 12.4 Å². The zero-order valence-electron chi connectivity index (χ0n) is 16.9. The number of hydrogen-bond donors (Lipinski definition) is 0. The molecule has 0 radical (unpaired) electrons. The molecule has 0 N–H and O–H groups in total. The Hall–Kier alpha value is -3.89. The first kappa shape index (κ1) is 20.0. The van der Waals surface area contributed by atoms with E-state index in [1.165, 1.54) is 0 Å². The number of fused-ring (bicyclic) bond motifs is 2. The number of halogens is 1. The molecule has 32 heavy (non-hydrogen) atoms. The van der Waals surface area contributed by atoms with E-state index in [1.54, 1.807) is 54.6 Å². The molecule has 0 aliphatic heterocycles. The Labute approximate surface area is 188 Å². The van der Waals surface area contributed by atoms with Crippen molar-refractivity contribution in [2.75, 3.05) is 6.61 Å². The molecule has 0 bridgehead atoms. The van der Waals surface area contributed by atoms with Crippen molar-refractivity contribution in [3.8, 4) is 17.1 Å². The van der Waals surface area contributed by atoms with Gasteiger partial charge in [-0.05, 0) is 35.0 Å². The Morgan fingerprint density at radius 2 is 1.50 bits per heavy atom. The Balaban J connectivity index is 1.58. The summed E-state index contributed by atoms with van der Waals surface area (Å²) in [6.45, 7) is -0.311. The standard InChI is InChI=1S/C27H17ClO4/c28-22-14-5-3-11-20(22)26-27(25(30)21-12-4-6-15-24(21)32-26)31-16-23(29)19-13-7-9-17-8-1-2-10-18(17)19/h1-15H,16H2. The molecule has 0 fully saturated rings. The molecule has 0 saturated carbocycles. The number of carbonyl (C=O) groups is 1. The van der Waals surface area contributed by atoms with Crippen LogP contribution in [0.15, 0.2) is 100 Å². The molecule has 0 amide bonds. The lowest BCUT2D eigenvalue weighted by Gasteiger charge is -2.13. The van der Waals surface area contributed by atoms with Crippen LogP contribution in [0.4, 0.5) is 0 Å². The minimum absolute atomic E-state index is 0.0367. The van der Waals surface area contributed by atoms with Crippen molar-refractivity contribution >= 4 is 39.1 Å². The van der Waals surface area contributed by atoms with Crippen molar-refractivity contribution in [3.63, 3.8) is 0 Å². The van der Waals surface area contributed by atoms with E-state index < -0.39 is 0 Å². The van der Waals surface area contributed by atoms with E-state index in [0.29, 0.717) is 27.1 Å². The van der Waals surface area contributed by atoms with Crippen LogP contribution in [0.1, 0.15) is 10.4 Å². The molecular formula is C27H17ClO4. The molecule has 156 valence electrons. The molecule has 0 atom stereocenters. The fourth-order valence-corrected chi connectivity index (χ4v) is 3.98. The zero-order valence-corrected chi connectivity index (χ0v) is 17.6. The van der Waals surface area contributed by atoms with Gasteiger partial charge >= 0.3 is 0 Å². The van der Waals surface area contributed by atoms with Gasteiger partial charge in [0.15, 0.2) is 12.4 Å². The number of benzene rings is 4. The van der Waals surface area contributed by atoms with Gasteiger partial charge in [-0.25, -0.2) is 0 Å². The Kier molecular flexibility index (Phi) is 5.21. The average Bonchev–Trinajstić information content (AvgIpc) is 2.83. The summed E-state index contributed by atoms with van der Waals surface area (Å²) in [5.41, 5.74) is 1.12. The highest BCUT2D eigenvalue weighted by molar-refractivity contribution is 6.33. The van der Waals surface area contributed by atoms with Crippen LogP contribution in [0.3, 0.4) is 0 Å². The fourth-order valence-electron chi connectivity index (χ4n) is 3.76. The van der Waals surface area contributed by atoms with Crippen molar-refractivity contribution < 1.29 is 13.9 Å². The topological polar surface area (TPSA) is 56.5 Å². The number of rotatable bonds is 5. The lowest BCUT2D eigenvalue weighted by molar-refractivity contribution is 0.0922. The smallest absolute Gasteiger partial charge is 0.235 e. The molecular weight excluding hydrogens is 424 g/mol. The normalized spacial score (nSPS) is 11.0. The number of carbonyl (C=O) groups excluding carboxylic acids is 1. The summed E-state index contributed by atoms with van der Waals surface area (Å²) in [5.74, 6) is -0.0742.